The Labute approximate surface area is 301 Å². The maximum Gasteiger partial charge on any atom is 0.0992 e. The van der Waals surface area contributed by atoms with Gasteiger partial charge in [-0.25, -0.2) is 0 Å². The SMILES string of the molecule is C#C/C=C\c1c(C)c(C)c(/C=C\C)n1-c1cc(C#N)cc([C@H](C)CCC(C)C2=C(n3c4ccccc4c4cc(C#N)ccc43)CCC=C2C#N)c1. The molecule has 2 aromatic heterocycles. The predicted octanol–water partition coefficient (Wildman–Crippen LogP) is 11.3. The van der Waals surface area contributed by atoms with E-state index in [4.69, 9.17) is 6.42 Å². The highest BCUT2D eigenvalue weighted by atomic mass is 15.0. The maximum atomic E-state index is 10.4. The fraction of sp³-hybridized carbons (Fsp3) is 0.239. The molecule has 0 bridgehead atoms. The summed E-state index contributed by atoms with van der Waals surface area (Å²) in [6, 6.07) is 27.6. The summed E-state index contributed by atoms with van der Waals surface area (Å²) in [6.45, 7) is 10.7. The minimum Gasteiger partial charge on any atom is -0.313 e. The van der Waals surface area contributed by atoms with E-state index in [2.05, 4.69) is 91.3 Å². The van der Waals surface area contributed by atoms with Crippen LogP contribution in [0.2, 0.25) is 0 Å². The highest BCUT2D eigenvalue weighted by Gasteiger charge is 2.26. The van der Waals surface area contributed by atoms with Crippen molar-refractivity contribution in [3.8, 4) is 36.2 Å². The van der Waals surface area contributed by atoms with E-state index in [0.29, 0.717) is 11.1 Å². The van der Waals surface area contributed by atoms with Gasteiger partial charge in [-0.05, 0) is 141 Å². The third kappa shape index (κ3) is 6.32. The number of fused-ring (bicyclic) bond motifs is 3. The lowest BCUT2D eigenvalue weighted by atomic mass is 9.82. The van der Waals surface area contributed by atoms with Crippen LogP contribution in [0.15, 0.2) is 90.0 Å². The normalized spacial score (nSPS) is 14.4. The van der Waals surface area contributed by atoms with Gasteiger partial charge in [-0.3, -0.25) is 0 Å². The molecule has 51 heavy (non-hydrogen) atoms. The topological polar surface area (TPSA) is 81.2 Å². The van der Waals surface area contributed by atoms with Crippen LogP contribution in [0.3, 0.4) is 0 Å². The lowest BCUT2D eigenvalue weighted by Gasteiger charge is -2.26. The zero-order valence-corrected chi connectivity index (χ0v) is 30.0. The predicted molar refractivity (Wildman–Crippen MR) is 210 cm³/mol. The highest BCUT2D eigenvalue weighted by molar-refractivity contribution is 6.10. The van der Waals surface area contributed by atoms with Crippen molar-refractivity contribution in [1.82, 2.24) is 9.13 Å². The van der Waals surface area contributed by atoms with Crippen LogP contribution in [-0.4, -0.2) is 9.13 Å². The third-order valence-electron chi connectivity index (χ3n) is 10.4. The Morgan fingerprint density at radius 1 is 0.784 bits per heavy atom. The average molecular weight is 664 g/mol. The zero-order valence-electron chi connectivity index (χ0n) is 30.0. The number of rotatable bonds is 9. The Balaban J connectivity index is 1.39. The summed E-state index contributed by atoms with van der Waals surface area (Å²) < 4.78 is 4.52. The van der Waals surface area contributed by atoms with Gasteiger partial charge in [0.25, 0.3) is 0 Å². The molecule has 0 radical (unpaired) electrons. The van der Waals surface area contributed by atoms with Gasteiger partial charge in [-0.15, -0.1) is 6.42 Å². The molecule has 1 aliphatic rings. The molecule has 5 aromatic rings. The molecule has 2 atom stereocenters. The van der Waals surface area contributed by atoms with Gasteiger partial charge in [0.2, 0.25) is 0 Å². The Hall–Kier alpha value is -6.27. The van der Waals surface area contributed by atoms with E-state index < -0.39 is 0 Å². The summed E-state index contributed by atoms with van der Waals surface area (Å²) in [4.78, 5) is 0. The molecule has 1 aliphatic carbocycles. The number of para-hydroxylation sites is 1. The van der Waals surface area contributed by atoms with Gasteiger partial charge in [0, 0.05) is 27.9 Å². The minimum absolute atomic E-state index is 0.110. The van der Waals surface area contributed by atoms with Gasteiger partial charge in [-0.2, -0.15) is 15.8 Å². The average Bonchev–Trinajstić information content (AvgIpc) is 3.61. The summed E-state index contributed by atoms with van der Waals surface area (Å²) in [5, 5.41) is 32.3. The molecule has 0 amide bonds. The van der Waals surface area contributed by atoms with E-state index in [0.717, 1.165) is 92.5 Å². The van der Waals surface area contributed by atoms with Crippen LogP contribution in [0.1, 0.15) is 91.6 Å². The highest BCUT2D eigenvalue weighted by Crippen LogP contribution is 2.42. The second-order valence-electron chi connectivity index (χ2n) is 13.5. The van der Waals surface area contributed by atoms with Gasteiger partial charge in [0.15, 0.2) is 0 Å². The molecule has 0 aliphatic heterocycles. The molecule has 3 aromatic carbocycles. The van der Waals surface area contributed by atoms with Crippen molar-refractivity contribution in [2.45, 2.75) is 66.2 Å². The third-order valence-corrected chi connectivity index (χ3v) is 10.4. The maximum absolute atomic E-state index is 10.4. The number of hydrogen-bond acceptors (Lipinski definition) is 3. The summed E-state index contributed by atoms with van der Waals surface area (Å²) in [5.41, 5.74) is 12.8. The number of nitrogens with zero attached hydrogens (tertiary/aromatic N) is 5. The van der Waals surface area contributed by atoms with Crippen LogP contribution >= 0.6 is 0 Å². The first-order valence-electron chi connectivity index (χ1n) is 17.6. The van der Waals surface area contributed by atoms with Crippen LogP contribution in [-0.2, 0) is 0 Å². The Bertz CT molecular complexity index is 2480. The van der Waals surface area contributed by atoms with Crippen LogP contribution in [0.4, 0.5) is 0 Å². The lowest BCUT2D eigenvalue weighted by Crippen LogP contribution is -2.13. The molecular weight excluding hydrogens is 623 g/mol. The smallest absolute Gasteiger partial charge is 0.0992 e. The van der Waals surface area contributed by atoms with Crippen molar-refractivity contribution in [1.29, 1.82) is 15.8 Å². The van der Waals surface area contributed by atoms with E-state index in [1.165, 1.54) is 5.56 Å². The molecule has 5 heteroatoms. The molecule has 0 fully saturated rings. The molecule has 6 rings (SSSR count). The van der Waals surface area contributed by atoms with Crippen molar-refractivity contribution in [2.75, 3.05) is 0 Å². The van der Waals surface area contributed by atoms with E-state index in [1.807, 2.05) is 61.5 Å². The van der Waals surface area contributed by atoms with E-state index >= 15 is 0 Å². The minimum atomic E-state index is 0.110. The van der Waals surface area contributed by atoms with Crippen LogP contribution in [0, 0.1) is 66.1 Å². The van der Waals surface area contributed by atoms with Crippen LogP contribution in [0.25, 0.3) is 45.3 Å². The van der Waals surface area contributed by atoms with Crippen molar-refractivity contribution in [3.63, 3.8) is 0 Å². The molecule has 0 spiro atoms. The van der Waals surface area contributed by atoms with Gasteiger partial charge in [-0.1, -0.05) is 50.1 Å². The fourth-order valence-electron chi connectivity index (χ4n) is 7.71. The Morgan fingerprint density at radius 2 is 1.49 bits per heavy atom. The quantitative estimate of drug-likeness (QED) is 0.147. The van der Waals surface area contributed by atoms with Gasteiger partial charge < -0.3 is 9.13 Å². The summed E-state index contributed by atoms with van der Waals surface area (Å²) in [5.74, 6) is 2.89. The van der Waals surface area contributed by atoms with E-state index in [-0.39, 0.29) is 11.8 Å². The van der Waals surface area contributed by atoms with Crippen molar-refractivity contribution in [2.24, 2.45) is 5.92 Å². The van der Waals surface area contributed by atoms with Crippen molar-refractivity contribution < 1.29 is 0 Å². The molecule has 250 valence electrons. The molecular formula is C46H41N5. The van der Waals surface area contributed by atoms with Crippen LogP contribution < -0.4 is 0 Å². The summed E-state index contributed by atoms with van der Waals surface area (Å²) >= 11 is 0. The second kappa shape index (κ2) is 14.7. The van der Waals surface area contributed by atoms with Gasteiger partial charge in [0.05, 0.1) is 51.6 Å². The monoisotopic (exact) mass is 663 g/mol. The number of aromatic nitrogens is 2. The Morgan fingerprint density at radius 3 is 2.20 bits per heavy atom. The van der Waals surface area contributed by atoms with Gasteiger partial charge in [0.1, 0.15) is 0 Å². The summed E-state index contributed by atoms with van der Waals surface area (Å²) in [6.07, 6.45) is 18.9. The lowest BCUT2D eigenvalue weighted by molar-refractivity contribution is 0.536. The molecule has 5 nitrogen and oxygen atoms in total. The zero-order chi connectivity index (χ0) is 36.2. The number of nitriles is 3. The first-order valence-corrected chi connectivity index (χ1v) is 17.6. The first-order chi connectivity index (χ1) is 24.8. The molecule has 1 unspecified atom stereocenters. The van der Waals surface area contributed by atoms with Crippen molar-refractivity contribution >= 4 is 39.7 Å². The Kier molecular flexibility index (Phi) is 9.96. The molecule has 0 saturated carbocycles. The van der Waals surface area contributed by atoms with E-state index in [9.17, 15) is 15.8 Å². The number of allylic oxidation sites excluding steroid dienone is 6. The van der Waals surface area contributed by atoms with Gasteiger partial charge >= 0.3 is 0 Å². The largest absolute Gasteiger partial charge is 0.313 e. The fourth-order valence-corrected chi connectivity index (χ4v) is 7.71. The van der Waals surface area contributed by atoms with Crippen molar-refractivity contribution in [3.05, 3.63) is 129 Å². The number of benzene rings is 3. The number of hydrogen-bond donors (Lipinski definition) is 0. The second-order valence-corrected chi connectivity index (χ2v) is 13.5. The summed E-state index contributed by atoms with van der Waals surface area (Å²) in [7, 11) is 0. The number of terminal acetylenes is 1. The standard InChI is InChI=1S/C46H41N5/c1-7-9-16-42-33(6)32(5)41(13-8-2)50(42)38-24-35(28-48)23-37(26-38)30(3)19-20-31(4)46-36(29-49)14-12-18-45(46)51-43-17-11-10-15-39(43)40-25-34(27-47)21-22-44(40)51/h1,8-11,13-17,21-26,30-31H,12,18-20H2,2-6H3/b13-8-,16-9-/t30-,31?/m1/s1. The molecule has 2 heterocycles. The van der Waals surface area contributed by atoms with Crippen LogP contribution in [0.5, 0.6) is 0 Å². The molecule has 0 saturated heterocycles. The van der Waals surface area contributed by atoms with E-state index in [1.54, 1.807) is 6.08 Å². The molecule has 0 N–H and O–H groups in total. The first kappa shape index (κ1) is 34.6.